The summed E-state index contributed by atoms with van der Waals surface area (Å²) in [5.41, 5.74) is 6.21. The lowest BCUT2D eigenvalue weighted by molar-refractivity contribution is 0.102. The minimum absolute atomic E-state index is 0.0502. The number of hydrogen-bond acceptors (Lipinski definition) is 7. The van der Waals surface area contributed by atoms with Crippen molar-refractivity contribution in [1.82, 2.24) is 15.0 Å². The lowest BCUT2D eigenvalue weighted by Gasteiger charge is -2.28. The van der Waals surface area contributed by atoms with Gasteiger partial charge < -0.3 is 20.3 Å². The van der Waals surface area contributed by atoms with Crippen LogP contribution in [0.3, 0.4) is 0 Å². The molecule has 2 aromatic carbocycles. The number of nitrogens with zero attached hydrogens (tertiary/aromatic N) is 4. The molecule has 1 aliphatic rings. The number of pyridine rings is 1. The maximum absolute atomic E-state index is 12.6. The number of anilines is 3. The molecule has 0 spiro atoms. The van der Waals surface area contributed by atoms with Gasteiger partial charge in [-0.25, -0.2) is 4.98 Å². The van der Waals surface area contributed by atoms with Crippen LogP contribution < -0.4 is 15.5 Å². The zero-order valence-electron chi connectivity index (χ0n) is 21.0. The molecule has 37 heavy (non-hydrogen) atoms. The second-order valence-corrected chi connectivity index (χ2v) is 9.13. The number of carbonyl (C=O) groups excluding carboxylic acids is 1. The Labute approximate surface area is 216 Å². The van der Waals surface area contributed by atoms with Crippen LogP contribution in [-0.4, -0.2) is 47.2 Å². The summed E-state index contributed by atoms with van der Waals surface area (Å²) >= 11 is 0. The average Bonchev–Trinajstić information content (AvgIpc) is 2.94. The van der Waals surface area contributed by atoms with Gasteiger partial charge in [0, 0.05) is 42.4 Å². The first kappa shape index (κ1) is 24.4. The molecule has 8 heteroatoms. The predicted octanol–water partition coefficient (Wildman–Crippen LogP) is 5.11. The Morgan fingerprint density at radius 2 is 1.76 bits per heavy atom. The fourth-order valence-corrected chi connectivity index (χ4v) is 4.31. The highest BCUT2D eigenvalue weighted by atomic mass is 16.5. The predicted molar refractivity (Wildman–Crippen MR) is 146 cm³/mol. The van der Waals surface area contributed by atoms with Gasteiger partial charge in [0.05, 0.1) is 42.9 Å². The number of nitrogens with one attached hydrogen (secondary N) is 2. The van der Waals surface area contributed by atoms with E-state index in [4.69, 9.17) is 9.72 Å². The number of aromatic nitrogens is 3. The first-order chi connectivity index (χ1) is 18.0. The molecule has 0 saturated carbocycles. The lowest BCUT2D eigenvalue weighted by atomic mass is 10.1. The number of carbonyl (C=O) groups is 1. The van der Waals surface area contributed by atoms with Gasteiger partial charge in [0.15, 0.2) is 0 Å². The third-order valence-electron chi connectivity index (χ3n) is 6.32. The summed E-state index contributed by atoms with van der Waals surface area (Å²) in [4.78, 5) is 28.2. The molecule has 1 saturated heterocycles. The molecule has 1 aliphatic heterocycles. The number of rotatable bonds is 7. The zero-order chi connectivity index (χ0) is 25.6. The summed E-state index contributed by atoms with van der Waals surface area (Å²) < 4.78 is 5.45. The van der Waals surface area contributed by atoms with Gasteiger partial charge >= 0.3 is 0 Å². The van der Waals surface area contributed by atoms with E-state index in [0.29, 0.717) is 11.4 Å². The Hall–Kier alpha value is -4.30. The Kier molecular flexibility index (Phi) is 7.37. The molecule has 5 rings (SSSR count). The topological polar surface area (TPSA) is 92.3 Å². The van der Waals surface area contributed by atoms with Gasteiger partial charge in [0.25, 0.3) is 5.91 Å². The van der Waals surface area contributed by atoms with Crippen molar-refractivity contribution in [2.24, 2.45) is 0 Å². The van der Waals surface area contributed by atoms with Gasteiger partial charge in [-0.15, -0.1) is 0 Å². The van der Waals surface area contributed by atoms with Crippen molar-refractivity contribution in [1.29, 1.82) is 0 Å². The van der Waals surface area contributed by atoms with E-state index in [-0.39, 0.29) is 11.9 Å². The number of hydrogen-bond donors (Lipinski definition) is 2. The fourth-order valence-electron chi connectivity index (χ4n) is 4.31. The van der Waals surface area contributed by atoms with Crippen molar-refractivity contribution < 1.29 is 9.53 Å². The second kappa shape index (κ2) is 11.2. The lowest BCUT2D eigenvalue weighted by Crippen LogP contribution is -2.36. The van der Waals surface area contributed by atoms with E-state index in [9.17, 15) is 4.79 Å². The number of aryl methyl sites for hydroxylation is 1. The average molecular weight is 495 g/mol. The summed E-state index contributed by atoms with van der Waals surface area (Å²) in [6.45, 7) is 7.30. The molecule has 1 atom stereocenters. The van der Waals surface area contributed by atoms with Crippen molar-refractivity contribution in [2.45, 2.75) is 19.9 Å². The van der Waals surface area contributed by atoms with E-state index in [1.807, 2.05) is 37.3 Å². The third-order valence-corrected chi connectivity index (χ3v) is 6.32. The van der Waals surface area contributed by atoms with Crippen LogP contribution in [0.2, 0.25) is 0 Å². The number of benzene rings is 2. The SMILES string of the molecule is Cc1cncc(C(=O)Nc2cccc([C@H](C)Nc3cncc(-c4ccc(N5CCOCC5)cc4)n3)c2)c1. The largest absolute Gasteiger partial charge is 0.378 e. The number of amides is 1. The van der Waals surface area contributed by atoms with Crippen LogP contribution in [0.4, 0.5) is 17.2 Å². The Bertz CT molecular complexity index is 1370. The van der Waals surface area contributed by atoms with E-state index in [1.54, 1.807) is 24.8 Å². The molecule has 1 amide bonds. The summed E-state index contributed by atoms with van der Waals surface area (Å²) in [5, 5.41) is 6.39. The number of ether oxygens (including phenoxy) is 1. The summed E-state index contributed by atoms with van der Waals surface area (Å²) in [6.07, 6.45) is 6.79. The van der Waals surface area contributed by atoms with Crippen LogP contribution >= 0.6 is 0 Å². The van der Waals surface area contributed by atoms with Crippen LogP contribution in [0.25, 0.3) is 11.3 Å². The van der Waals surface area contributed by atoms with E-state index < -0.39 is 0 Å². The maximum atomic E-state index is 12.6. The Balaban J connectivity index is 1.25. The molecule has 2 N–H and O–H groups in total. The van der Waals surface area contributed by atoms with Gasteiger partial charge in [0.2, 0.25) is 0 Å². The van der Waals surface area contributed by atoms with Crippen LogP contribution in [0, 0.1) is 6.92 Å². The first-order valence-corrected chi connectivity index (χ1v) is 12.4. The van der Waals surface area contributed by atoms with Gasteiger partial charge in [-0.05, 0) is 55.3 Å². The smallest absolute Gasteiger partial charge is 0.257 e. The van der Waals surface area contributed by atoms with Crippen LogP contribution in [0.5, 0.6) is 0 Å². The molecule has 8 nitrogen and oxygen atoms in total. The Morgan fingerprint density at radius 3 is 2.54 bits per heavy atom. The Morgan fingerprint density at radius 1 is 0.973 bits per heavy atom. The molecule has 0 bridgehead atoms. The summed E-state index contributed by atoms with van der Waals surface area (Å²) in [6, 6.07) is 18.0. The fraction of sp³-hybridized carbons (Fsp3) is 0.241. The molecule has 1 fully saturated rings. The van der Waals surface area contributed by atoms with E-state index in [1.165, 1.54) is 5.69 Å². The van der Waals surface area contributed by atoms with Crippen molar-refractivity contribution in [2.75, 3.05) is 41.8 Å². The molecule has 2 aromatic heterocycles. The molecule has 0 aliphatic carbocycles. The highest BCUT2D eigenvalue weighted by Crippen LogP contribution is 2.25. The minimum atomic E-state index is -0.188. The molecular weight excluding hydrogens is 464 g/mol. The highest BCUT2D eigenvalue weighted by molar-refractivity contribution is 6.04. The molecule has 188 valence electrons. The van der Waals surface area contributed by atoms with E-state index in [2.05, 4.69) is 56.7 Å². The van der Waals surface area contributed by atoms with Crippen molar-refractivity contribution in [3.8, 4) is 11.3 Å². The van der Waals surface area contributed by atoms with Crippen molar-refractivity contribution in [3.05, 3.63) is 96.1 Å². The monoisotopic (exact) mass is 494 g/mol. The van der Waals surface area contributed by atoms with Gasteiger partial charge in [-0.3, -0.25) is 14.8 Å². The van der Waals surface area contributed by atoms with Gasteiger partial charge in [-0.2, -0.15) is 0 Å². The zero-order valence-corrected chi connectivity index (χ0v) is 21.0. The minimum Gasteiger partial charge on any atom is -0.378 e. The highest BCUT2D eigenvalue weighted by Gasteiger charge is 2.13. The van der Waals surface area contributed by atoms with E-state index >= 15 is 0 Å². The van der Waals surface area contributed by atoms with Crippen molar-refractivity contribution in [3.63, 3.8) is 0 Å². The standard InChI is InChI=1S/C29H30N6O2/c1-20-14-24(17-30-16-20)29(36)33-25-5-3-4-23(15-25)21(2)32-28-19-31-18-27(34-28)22-6-8-26(9-7-22)35-10-12-37-13-11-35/h3-9,14-19,21H,10-13H2,1-2H3,(H,32,34)(H,33,36)/t21-/m0/s1. The summed E-state index contributed by atoms with van der Waals surface area (Å²) in [5.74, 6) is 0.495. The van der Waals surface area contributed by atoms with Crippen LogP contribution in [-0.2, 0) is 4.74 Å². The second-order valence-electron chi connectivity index (χ2n) is 9.13. The summed E-state index contributed by atoms with van der Waals surface area (Å²) in [7, 11) is 0. The van der Waals surface area contributed by atoms with E-state index in [0.717, 1.165) is 54.4 Å². The van der Waals surface area contributed by atoms with Crippen molar-refractivity contribution >= 4 is 23.1 Å². The normalized spacial score (nSPS) is 14.2. The van der Waals surface area contributed by atoms with Gasteiger partial charge in [-0.1, -0.05) is 24.3 Å². The van der Waals surface area contributed by atoms with Gasteiger partial charge in [0.1, 0.15) is 5.82 Å². The molecular formula is C29H30N6O2. The third kappa shape index (κ3) is 6.10. The molecule has 0 radical (unpaired) electrons. The molecule has 4 aromatic rings. The van der Waals surface area contributed by atoms with Crippen LogP contribution in [0.1, 0.15) is 34.5 Å². The van der Waals surface area contributed by atoms with Crippen LogP contribution in [0.15, 0.2) is 79.4 Å². The quantitative estimate of drug-likeness (QED) is 0.369. The number of morpholine rings is 1. The maximum Gasteiger partial charge on any atom is 0.257 e. The first-order valence-electron chi connectivity index (χ1n) is 12.4. The molecule has 0 unspecified atom stereocenters. The molecule has 3 heterocycles.